The van der Waals surface area contributed by atoms with Crippen molar-refractivity contribution < 1.29 is 13.2 Å². The molecule has 78 valence electrons. The van der Waals surface area contributed by atoms with E-state index < -0.39 is 10.0 Å². The lowest BCUT2D eigenvalue weighted by molar-refractivity contribution is 0.202. The van der Waals surface area contributed by atoms with E-state index in [-0.39, 0.29) is 4.90 Å². The van der Waals surface area contributed by atoms with Crippen molar-refractivity contribution in [1.82, 2.24) is 4.98 Å². The highest BCUT2D eigenvalue weighted by molar-refractivity contribution is 7.89. The first-order valence-electron chi connectivity index (χ1n) is 3.99. The minimum Gasteiger partial charge on any atom is -0.384 e. The van der Waals surface area contributed by atoms with Crippen molar-refractivity contribution in [2.75, 3.05) is 13.7 Å². The fourth-order valence-electron chi connectivity index (χ4n) is 0.976. The lowest BCUT2D eigenvalue weighted by Crippen LogP contribution is -2.13. The van der Waals surface area contributed by atoms with Crippen LogP contribution in [0.25, 0.3) is 0 Å². The average molecular weight is 216 g/mol. The summed E-state index contributed by atoms with van der Waals surface area (Å²) < 4.78 is 26.8. The van der Waals surface area contributed by atoms with E-state index in [0.717, 1.165) is 5.56 Å². The van der Waals surface area contributed by atoms with Crippen molar-refractivity contribution >= 4 is 10.0 Å². The van der Waals surface area contributed by atoms with Crippen molar-refractivity contribution in [1.29, 1.82) is 0 Å². The Kier molecular flexibility index (Phi) is 3.56. The molecule has 0 amide bonds. The predicted octanol–water partition coefficient (Wildman–Crippen LogP) is -0.0821. The van der Waals surface area contributed by atoms with Gasteiger partial charge in [0.05, 0.1) is 6.61 Å². The van der Waals surface area contributed by atoms with Gasteiger partial charge >= 0.3 is 0 Å². The van der Waals surface area contributed by atoms with E-state index in [1.807, 2.05) is 0 Å². The first kappa shape index (κ1) is 11.1. The zero-order valence-electron chi connectivity index (χ0n) is 7.80. The van der Waals surface area contributed by atoms with Gasteiger partial charge in [0.1, 0.15) is 4.90 Å². The van der Waals surface area contributed by atoms with Crippen molar-refractivity contribution in [2.45, 2.75) is 11.3 Å². The molecule has 1 aromatic heterocycles. The Morgan fingerprint density at radius 2 is 2.21 bits per heavy atom. The summed E-state index contributed by atoms with van der Waals surface area (Å²) in [5, 5.41) is 4.96. The van der Waals surface area contributed by atoms with Gasteiger partial charge in [0.25, 0.3) is 0 Å². The molecule has 6 heteroatoms. The number of aromatic nitrogens is 1. The van der Waals surface area contributed by atoms with Crippen LogP contribution in [0.4, 0.5) is 0 Å². The molecule has 0 spiro atoms. The molecule has 2 N–H and O–H groups in total. The highest BCUT2D eigenvalue weighted by Crippen LogP contribution is 2.07. The molecule has 0 saturated heterocycles. The Morgan fingerprint density at radius 1 is 1.50 bits per heavy atom. The molecule has 14 heavy (non-hydrogen) atoms. The molecule has 0 fully saturated rings. The van der Waals surface area contributed by atoms with Gasteiger partial charge in [-0.05, 0) is 18.1 Å². The van der Waals surface area contributed by atoms with Crippen molar-refractivity contribution in [3.05, 3.63) is 24.0 Å². The molecule has 1 rings (SSSR count). The van der Waals surface area contributed by atoms with E-state index in [0.29, 0.717) is 13.0 Å². The molecule has 0 saturated carbocycles. The highest BCUT2D eigenvalue weighted by atomic mass is 32.2. The topological polar surface area (TPSA) is 82.3 Å². The molecule has 1 heterocycles. The summed E-state index contributed by atoms with van der Waals surface area (Å²) in [6.45, 7) is 0.524. The van der Waals surface area contributed by atoms with Crippen LogP contribution in [0.2, 0.25) is 0 Å². The van der Waals surface area contributed by atoms with E-state index in [9.17, 15) is 8.42 Å². The predicted molar refractivity (Wildman–Crippen MR) is 51.2 cm³/mol. The van der Waals surface area contributed by atoms with Crippen LogP contribution < -0.4 is 5.14 Å². The molecular formula is C8H12N2O3S. The number of nitrogens with two attached hydrogens (primary N) is 1. The molecule has 0 aliphatic rings. The summed E-state index contributed by atoms with van der Waals surface area (Å²) >= 11 is 0. The zero-order valence-corrected chi connectivity index (χ0v) is 8.62. The molecule has 0 atom stereocenters. The van der Waals surface area contributed by atoms with Gasteiger partial charge in [0.15, 0.2) is 0 Å². The van der Waals surface area contributed by atoms with Gasteiger partial charge in [0.2, 0.25) is 10.0 Å². The van der Waals surface area contributed by atoms with Gasteiger partial charge < -0.3 is 4.74 Å². The maximum atomic E-state index is 11.0. The molecule has 5 nitrogen and oxygen atoms in total. The number of nitrogens with zero attached hydrogens (tertiary/aromatic N) is 1. The zero-order chi connectivity index (χ0) is 10.6. The van der Waals surface area contributed by atoms with Crippen LogP contribution in [0.1, 0.15) is 5.56 Å². The van der Waals surface area contributed by atoms with Gasteiger partial charge in [-0.1, -0.05) is 0 Å². The number of pyridine rings is 1. The summed E-state index contributed by atoms with van der Waals surface area (Å²) in [5.74, 6) is 0. The lowest BCUT2D eigenvalue weighted by atomic mass is 10.2. The molecule has 1 aromatic rings. The Bertz CT molecular complexity index is 403. The second-order valence-electron chi connectivity index (χ2n) is 2.82. The van der Waals surface area contributed by atoms with Crippen LogP contribution in [0.5, 0.6) is 0 Å². The summed E-state index contributed by atoms with van der Waals surface area (Å²) in [4.78, 5) is 3.82. The number of ether oxygens (including phenoxy) is 1. The molecule has 0 radical (unpaired) electrons. The third-order valence-corrected chi connectivity index (χ3v) is 2.57. The Morgan fingerprint density at radius 3 is 2.79 bits per heavy atom. The summed E-state index contributed by atoms with van der Waals surface area (Å²) in [6.07, 6.45) is 3.44. The Balaban J connectivity index is 2.90. The maximum absolute atomic E-state index is 11.0. The molecule has 0 unspecified atom stereocenters. The van der Waals surface area contributed by atoms with E-state index in [1.165, 1.54) is 12.3 Å². The number of hydrogen-bond acceptors (Lipinski definition) is 4. The number of methoxy groups -OCH3 is 1. The second kappa shape index (κ2) is 4.50. The van der Waals surface area contributed by atoms with E-state index in [2.05, 4.69) is 4.98 Å². The SMILES string of the molecule is COCCc1cncc(S(N)(=O)=O)c1. The number of sulfonamides is 1. The van der Waals surface area contributed by atoms with Crippen LogP contribution >= 0.6 is 0 Å². The number of rotatable bonds is 4. The number of primary sulfonamides is 1. The molecule has 0 aliphatic heterocycles. The monoisotopic (exact) mass is 216 g/mol. The van der Waals surface area contributed by atoms with Crippen molar-refractivity contribution in [3.63, 3.8) is 0 Å². The smallest absolute Gasteiger partial charge is 0.239 e. The minimum absolute atomic E-state index is 0.0334. The summed E-state index contributed by atoms with van der Waals surface area (Å²) in [7, 11) is -2.07. The normalized spacial score (nSPS) is 11.6. The van der Waals surface area contributed by atoms with Gasteiger partial charge in [-0.15, -0.1) is 0 Å². The highest BCUT2D eigenvalue weighted by Gasteiger charge is 2.08. The standard InChI is InChI=1S/C8H12N2O3S/c1-13-3-2-7-4-8(6-10-5-7)14(9,11)12/h4-6H,2-3H2,1H3,(H2,9,11,12). The fourth-order valence-corrected chi connectivity index (χ4v) is 1.50. The van der Waals surface area contributed by atoms with Crippen LogP contribution in [-0.2, 0) is 21.2 Å². The van der Waals surface area contributed by atoms with Crippen LogP contribution in [0.3, 0.4) is 0 Å². The fraction of sp³-hybridized carbons (Fsp3) is 0.375. The summed E-state index contributed by atoms with van der Waals surface area (Å²) in [6, 6.07) is 1.50. The number of hydrogen-bond donors (Lipinski definition) is 1. The van der Waals surface area contributed by atoms with E-state index in [4.69, 9.17) is 9.88 Å². The van der Waals surface area contributed by atoms with Crippen LogP contribution in [0, 0.1) is 0 Å². The second-order valence-corrected chi connectivity index (χ2v) is 4.38. The first-order chi connectivity index (χ1) is 6.54. The van der Waals surface area contributed by atoms with Gasteiger partial charge in [-0.3, -0.25) is 4.98 Å². The van der Waals surface area contributed by atoms with Crippen molar-refractivity contribution in [2.24, 2.45) is 5.14 Å². The lowest BCUT2D eigenvalue weighted by Gasteiger charge is -2.02. The quantitative estimate of drug-likeness (QED) is 0.763. The maximum Gasteiger partial charge on any atom is 0.239 e. The van der Waals surface area contributed by atoms with Crippen LogP contribution in [-0.4, -0.2) is 27.1 Å². The Labute approximate surface area is 83.0 Å². The molecule has 0 aromatic carbocycles. The third-order valence-electron chi connectivity index (χ3n) is 1.69. The Hall–Kier alpha value is -0.980. The van der Waals surface area contributed by atoms with Gasteiger partial charge in [-0.25, -0.2) is 13.6 Å². The van der Waals surface area contributed by atoms with E-state index in [1.54, 1.807) is 13.3 Å². The van der Waals surface area contributed by atoms with Gasteiger partial charge in [-0.2, -0.15) is 0 Å². The third kappa shape index (κ3) is 3.06. The molecule has 0 aliphatic carbocycles. The van der Waals surface area contributed by atoms with Crippen molar-refractivity contribution in [3.8, 4) is 0 Å². The largest absolute Gasteiger partial charge is 0.384 e. The summed E-state index contributed by atoms with van der Waals surface area (Å²) in [5.41, 5.74) is 0.790. The minimum atomic E-state index is -3.65. The van der Waals surface area contributed by atoms with Gasteiger partial charge in [0, 0.05) is 19.5 Å². The average Bonchev–Trinajstić information content (AvgIpc) is 2.14. The molecule has 0 bridgehead atoms. The van der Waals surface area contributed by atoms with Crippen LogP contribution in [0.15, 0.2) is 23.4 Å². The first-order valence-corrected chi connectivity index (χ1v) is 5.54. The van der Waals surface area contributed by atoms with E-state index >= 15 is 0 Å². The molecular weight excluding hydrogens is 204 g/mol.